The van der Waals surface area contributed by atoms with E-state index in [-0.39, 0.29) is 12.1 Å². The smallest absolute Gasteiger partial charge is 0.211 e. The first-order valence-corrected chi connectivity index (χ1v) is 9.62. The minimum absolute atomic E-state index is 0.0623. The van der Waals surface area contributed by atoms with E-state index in [0.717, 1.165) is 34.8 Å². The quantitative estimate of drug-likeness (QED) is 0.587. The third kappa shape index (κ3) is 3.75. The van der Waals surface area contributed by atoms with Crippen molar-refractivity contribution in [2.45, 2.75) is 19.1 Å². The number of nitrogens with zero attached hydrogens (tertiary/aromatic N) is 2. The topological polar surface area (TPSA) is 38.5 Å². The molecule has 1 aliphatic heterocycles. The van der Waals surface area contributed by atoms with Crippen LogP contribution in [0.25, 0.3) is 11.3 Å². The molecular weight excluding hydrogens is 392 g/mol. The van der Waals surface area contributed by atoms with E-state index in [0.29, 0.717) is 6.61 Å². The molecule has 1 aromatic heterocycles. The van der Waals surface area contributed by atoms with E-state index in [2.05, 4.69) is 44.9 Å². The second kappa shape index (κ2) is 7.74. The van der Waals surface area contributed by atoms with Crippen molar-refractivity contribution in [3.05, 3.63) is 76.7 Å². The molecule has 2 atom stereocenters. The number of rotatable bonds is 4. The van der Waals surface area contributed by atoms with Crippen molar-refractivity contribution in [1.29, 1.82) is 0 Å². The van der Waals surface area contributed by atoms with Gasteiger partial charge in [-0.15, -0.1) is 0 Å². The maximum atomic E-state index is 6.04. The first-order chi connectivity index (χ1) is 12.7. The predicted octanol–water partition coefficient (Wildman–Crippen LogP) is 5.24. The van der Waals surface area contributed by atoms with Crippen LogP contribution in [-0.2, 0) is 4.74 Å². The van der Waals surface area contributed by atoms with Gasteiger partial charge in [0.15, 0.2) is 5.76 Å². The summed E-state index contributed by atoms with van der Waals surface area (Å²) in [6.45, 7) is 4.53. The number of hydrogen-bond acceptors (Lipinski definition) is 4. The highest BCUT2D eigenvalue weighted by atomic mass is 79.9. The Kier molecular flexibility index (Phi) is 5.20. The second-order valence-electron chi connectivity index (χ2n) is 6.51. The SMILES string of the molecule is CC(c1ncc(-c2ccccc2)o1)N1CCOC(c2cccc(Br)c2)C1. The van der Waals surface area contributed by atoms with Crippen molar-refractivity contribution in [3.8, 4) is 11.3 Å². The van der Waals surface area contributed by atoms with Gasteiger partial charge in [-0.3, -0.25) is 4.90 Å². The number of ether oxygens (including phenoxy) is 1. The van der Waals surface area contributed by atoms with Gasteiger partial charge in [-0.2, -0.15) is 0 Å². The Balaban J connectivity index is 1.49. The van der Waals surface area contributed by atoms with Gasteiger partial charge in [0, 0.05) is 23.1 Å². The van der Waals surface area contributed by atoms with E-state index in [9.17, 15) is 0 Å². The molecule has 2 heterocycles. The normalized spacial score (nSPS) is 19.4. The van der Waals surface area contributed by atoms with E-state index in [1.807, 2.05) is 48.7 Å². The van der Waals surface area contributed by atoms with Crippen LogP contribution in [0.5, 0.6) is 0 Å². The summed E-state index contributed by atoms with van der Waals surface area (Å²) in [5, 5.41) is 0. The number of hydrogen-bond donors (Lipinski definition) is 0. The average Bonchev–Trinajstić information content (AvgIpc) is 3.18. The zero-order valence-electron chi connectivity index (χ0n) is 14.6. The maximum Gasteiger partial charge on any atom is 0.211 e. The third-order valence-corrected chi connectivity index (χ3v) is 5.30. The molecule has 1 fully saturated rings. The van der Waals surface area contributed by atoms with Crippen LogP contribution in [0.1, 0.15) is 30.5 Å². The summed E-state index contributed by atoms with van der Waals surface area (Å²) in [5.41, 5.74) is 2.24. The molecular formula is C21H21BrN2O2. The lowest BCUT2D eigenvalue weighted by atomic mass is 10.1. The van der Waals surface area contributed by atoms with Crippen LogP contribution in [0.15, 0.2) is 69.7 Å². The Morgan fingerprint density at radius 2 is 2.00 bits per heavy atom. The van der Waals surface area contributed by atoms with Gasteiger partial charge >= 0.3 is 0 Å². The summed E-state index contributed by atoms with van der Waals surface area (Å²) < 4.78 is 13.1. The molecule has 0 radical (unpaired) electrons. The van der Waals surface area contributed by atoms with E-state index < -0.39 is 0 Å². The van der Waals surface area contributed by atoms with Gasteiger partial charge in [-0.05, 0) is 24.6 Å². The zero-order chi connectivity index (χ0) is 17.9. The number of aromatic nitrogens is 1. The molecule has 0 aliphatic carbocycles. The van der Waals surface area contributed by atoms with Crippen LogP contribution < -0.4 is 0 Å². The van der Waals surface area contributed by atoms with Crippen LogP contribution in [-0.4, -0.2) is 29.6 Å². The molecule has 134 valence electrons. The van der Waals surface area contributed by atoms with Crippen molar-refractivity contribution < 1.29 is 9.15 Å². The Hall–Kier alpha value is -1.95. The van der Waals surface area contributed by atoms with Crippen molar-refractivity contribution in [1.82, 2.24) is 9.88 Å². The highest BCUT2D eigenvalue weighted by molar-refractivity contribution is 9.10. The van der Waals surface area contributed by atoms with Gasteiger partial charge in [0.25, 0.3) is 0 Å². The second-order valence-corrected chi connectivity index (χ2v) is 7.43. The molecule has 2 unspecified atom stereocenters. The van der Waals surface area contributed by atoms with Gasteiger partial charge < -0.3 is 9.15 Å². The molecule has 0 N–H and O–H groups in total. The number of oxazole rings is 1. The summed E-state index contributed by atoms with van der Waals surface area (Å²) >= 11 is 3.54. The lowest BCUT2D eigenvalue weighted by Crippen LogP contribution is -2.39. The fourth-order valence-electron chi connectivity index (χ4n) is 3.30. The number of morpholine rings is 1. The zero-order valence-corrected chi connectivity index (χ0v) is 16.2. The summed E-state index contributed by atoms with van der Waals surface area (Å²) in [4.78, 5) is 6.89. The number of benzene rings is 2. The Bertz CT molecular complexity index is 865. The average molecular weight is 413 g/mol. The molecule has 1 aliphatic rings. The summed E-state index contributed by atoms with van der Waals surface area (Å²) in [6, 6.07) is 18.5. The standard InChI is InChI=1S/C21H21BrN2O2/c1-15(21-23-13-19(26-21)16-6-3-2-4-7-16)24-10-11-25-20(14-24)17-8-5-9-18(22)12-17/h2-9,12-13,15,20H,10-11,14H2,1H3. The van der Waals surface area contributed by atoms with E-state index in [4.69, 9.17) is 9.15 Å². The predicted molar refractivity (Wildman–Crippen MR) is 105 cm³/mol. The summed E-state index contributed by atoms with van der Waals surface area (Å²) in [7, 11) is 0. The fraction of sp³-hybridized carbons (Fsp3) is 0.286. The summed E-state index contributed by atoms with van der Waals surface area (Å²) in [6.07, 6.45) is 1.88. The minimum Gasteiger partial charge on any atom is -0.439 e. The molecule has 4 nitrogen and oxygen atoms in total. The van der Waals surface area contributed by atoms with Crippen molar-refractivity contribution in [3.63, 3.8) is 0 Å². The molecule has 26 heavy (non-hydrogen) atoms. The maximum absolute atomic E-state index is 6.04. The van der Waals surface area contributed by atoms with Crippen molar-refractivity contribution in [2.75, 3.05) is 19.7 Å². The summed E-state index contributed by atoms with van der Waals surface area (Å²) in [5.74, 6) is 1.56. The van der Waals surface area contributed by atoms with Crippen LogP contribution >= 0.6 is 15.9 Å². The Morgan fingerprint density at radius 1 is 1.15 bits per heavy atom. The van der Waals surface area contributed by atoms with Gasteiger partial charge in [0.1, 0.15) is 0 Å². The first kappa shape index (κ1) is 17.5. The highest BCUT2D eigenvalue weighted by Crippen LogP contribution is 2.31. The van der Waals surface area contributed by atoms with Gasteiger partial charge in [-0.25, -0.2) is 4.98 Å². The molecule has 1 saturated heterocycles. The molecule has 0 spiro atoms. The largest absolute Gasteiger partial charge is 0.439 e. The Labute approximate surface area is 161 Å². The van der Waals surface area contributed by atoms with Gasteiger partial charge in [0.2, 0.25) is 5.89 Å². The lowest BCUT2D eigenvalue weighted by Gasteiger charge is -2.35. The van der Waals surface area contributed by atoms with E-state index >= 15 is 0 Å². The first-order valence-electron chi connectivity index (χ1n) is 8.83. The highest BCUT2D eigenvalue weighted by Gasteiger charge is 2.28. The Morgan fingerprint density at radius 3 is 2.81 bits per heavy atom. The lowest BCUT2D eigenvalue weighted by molar-refractivity contribution is -0.0463. The number of halogens is 1. The third-order valence-electron chi connectivity index (χ3n) is 4.81. The van der Waals surface area contributed by atoms with Crippen LogP contribution in [0, 0.1) is 0 Å². The van der Waals surface area contributed by atoms with Crippen LogP contribution in [0.3, 0.4) is 0 Å². The molecule has 0 saturated carbocycles. The van der Waals surface area contributed by atoms with E-state index in [1.54, 1.807) is 0 Å². The van der Waals surface area contributed by atoms with Crippen molar-refractivity contribution in [2.24, 2.45) is 0 Å². The molecule has 0 bridgehead atoms. The van der Waals surface area contributed by atoms with Crippen LogP contribution in [0.2, 0.25) is 0 Å². The molecule has 5 heteroatoms. The van der Waals surface area contributed by atoms with Crippen LogP contribution in [0.4, 0.5) is 0 Å². The van der Waals surface area contributed by atoms with Gasteiger partial charge in [-0.1, -0.05) is 58.4 Å². The fourth-order valence-corrected chi connectivity index (χ4v) is 3.72. The van der Waals surface area contributed by atoms with E-state index in [1.165, 1.54) is 5.56 Å². The minimum atomic E-state index is 0.0623. The van der Waals surface area contributed by atoms with Gasteiger partial charge in [0.05, 0.1) is 24.9 Å². The van der Waals surface area contributed by atoms with Crippen molar-refractivity contribution >= 4 is 15.9 Å². The molecule has 2 aromatic carbocycles. The molecule has 0 amide bonds. The monoisotopic (exact) mass is 412 g/mol. The molecule has 4 rings (SSSR count). The molecule has 3 aromatic rings.